The number of halogens is 3. The molecule has 0 aliphatic rings. The van der Waals surface area contributed by atoms with Gasteiger partial charge in [0, 0.05) is 23.1 Å². The van der Waals surface area contributed by atoms with Gasteiger partial charge in [-0.1, -0.05) is 53.9 Å². The van der Waals surface area contributed by atoms with Gasteiger partial charge in [0.2, 0.25) is 5.91 Å². The Bertz CT molecular complexity index is 844. The van der Waals surface area contributed by atoms with E-state index in [2.05, 4.69) is 5.32 Å². The highest BCUT2D eigenvalue weighted by atomic mass is 35.5. The van der Waals surface area contributed by atoms with E-state index < -0.39 is 6.04 Å². The number of carbonyl (C=O) groups excluding carboxylic acids is 2. The molecule has 156 valence electrons. The van der Waals surface area contributed by atoms with Crippen molar-refractivity contribution in [2.75, 3.05) is 13.2 Å². The lowest BCUT2D eigenvalue weighted by atomic mass is 10.1. The van der Waals surface area contributed by atoms with Crippen LogP contribution in [0.5, 0.6) is 5.75 Å². The van der Waals surface area contributed by atoms with Crippen LogP contribution in [0.4, 0.5) is 0 Å². The maximum atomic E-state index is 13.0. The van der Waals surface area contributed by atoms with Crippen LogP contribution in [0.1, 0.15) is 25.8 Å². The average molecular weight is 458 g/mol. The molecule has 8 heteroatoms. The van der Waals surface area contributed by atoms with Crippen LogP contribution < -0.4 is 10.1 Å². The van der Waals surface area contributed by atoms with Crippen molar-refractivity contribution in [3.8, 4) is 5.75 Å². The fourth-order valence-corrected chi connectivity index (χ4v) is 3.40. The van der Waals surface area contributed by atoms with Crippen molar-refractivity contribution in [3.63, 3.8) is 0 Å². The lowest BCUT2D eigenvalue weighted by molar-refractivity contribution is -0.142. The third-order valence-electron chi connectivity index (χ3n) is 4.25. The van der Waals surface area contributed by atoms with E-state index in [0.29, 0.717) is 33.8 Å². The predicted molar refractivity (Wildman–Crippen MR) is 117 cm³/mol. The average Bonchev–Trinajstić information content (AvgIpc) is 2.68. The van der Waals surface area contributed by atoms with E-state index in [1.54, 1.807) is 24.3 Å². The summed E-state index contributed by atoms with van der Waals surface area (Å²) in [4.78, 5) is 27.0. The summed E-state index contributed by atoms with van der Waals surface area (Å²) in [6.07, 6.45) is 0.465. The van der Waals surface area contributed by atoms with Gasteiger partial charge in [0.05, 0.1) is 5.02 Å². The molecule has 1 atom stereocenters. The van der Waals surface area contributed by atoms with Gasteiger partial charge in [0.1, 0.15) is 11.8 Å². The van der Waals surface area contributed by atoms with E-state index >= 15 is 0 Å². The molecule has 0 saturated heterocycles. The van der Waals surface area contributed by atoms with Gasteiger partial charge in [0.15, 0.2) is 6.61 Å². The topological polar surface area (TPSA) is 58.6 Å². The highest BCUT2D eigenvalue weighted by Crippen LogP contribution is 2.27. The van der Waals surface area contributed by atoms with Crippen molar-refractivity contribution in [1.82, 2.24) is 10.2 Å². The van der Waals surface area contributed by atoms with E-state index in [-0.39, 0.29) is 25.0 Å². The molecule has 0 radical (unpaired) electrons. The van der Waals surface area contributed by atoms with Crippen molar-refractivity contribution >= 4 is 46.6 Å². The van der Waals surface area contributed by atoms with Crippen LogP contribution in [-0.2, 0) is 16.1 Å². The molecule has 2 aromatic rings. The van der Waals surface area contributed by atoms with Gasteiger partial charge >= 0.3 is 0 Å². The largest absolute Gasteiger partial charge is 0.482 e. The first-order valence-electron chi connectivity index (χ1n) is 9.25. The van der Waals surface area contributed by atoms with E-state index in [0.717, 1.165) is 5.56 Å². The zero-order valence-corrected chi connectivity index (χ0v) is 18.5. The second-order valence-corrected chi connectivity index (χ2v) is 7.61. The fourth-order valence-electron chi connectivity index (χ4n) is 2.81. The summed E-state index contributed by atoms with van der Waals surface area (Å²) < 4.78 is 5.59. The molecule has 0 aliphatic carbocycles. The second kappa shape index (κ2) is 11.3. The quantitative estimate of drug-likeness (QED) is 0.578. The van der Waals surface area contributed by atoms with Crippen LogP contribution in [0.2, 0.25) is 15.1 Å². The number of benzene rings is 2. The molecule has 0 saturated carbocycles. The van der Waals surface area contributed by atoms with Crippen molar-refractivity contribution in [1.29, 1.82) is 0 Å². The molecule has 2 rings (SSSR count). The van der Waals surface area contributed by atoms with E-state index in [4.69, 9.17) is 39.5 Å². The lowest BCUT2D eigenvalue weighted by Crippen LogP contribution is -2.50. The Morgan fingerprint density at radius 2 is 1.69 bits per heavy atom. The Balaban J connectivity index is 2.20. The van der Waals surface area contributed by atoms with E-state index in [1.165, 1.54) is 11.0 Å². The minimum Gasteiger partial charge on any atom is -0.482 e. The summed E-state index contributed by atoms with van der Waals surface area (Å²) in [5.74, 6) is -0.187. The van der Waals surface area contributed by atoms with Gasteiger partial charge in [-0.05, 0) is 49.2 Å². The van der Waals surface area contributed by atoms with Crippen LogP contribution in [0.15, 0.2) is 42.5 Å². The number of hydrogen-bond donors (Lipinski definition) is 1. The first-order chi connectivity index (χ1) is 13.8. The minimum absolute atomic E-state index is 0.207. The summed E-state index contributed by atoms with van der Waals surface area (Å²) >= 11 is 17.9. The van der Waals surface area contributed by atoms with Gasteiger partial charge in [-0.25, -0.2) is 0 Å². The van der Waals surface area contributed by atoms with Crippen LogP contribution in [-0.4, -0.2) is 35.9 Å². The molecule has 0 bridgehead atoms. The summed E-state index contributed by atoms with van der Waals surface area (Å²) in [7, 11) is 0. The molecule has 29 heavy (non-hydrogen) atoms. The van der Waals surface area contributed by atoms with E-state index in [9.17, 15) is 9.59 Å². The third-order valence-corrected chi connectivity index (χ3v) is 5.03. The lowest BCUT2D eigenvalue weighted by Gasteiger charge is -2.30. The Morgan fingerprint density at radius 1 is 1.03 bits per heavy atom. The van der Waals surface area contributed by atoms with Crippen molar-refractivity contribution in [2.45, 2.75) is 32.9 Å². The number of hydrogen-bond acceptors (Lipinski definition) is 3. The summed E-state index contributed by atoms with van der Waals surface area (Å²) in [6.45, 7) is 4.17. The monoisotopic (exact) mass is 456 g/mol. The molecular weight excluding hydrogens is 435 g/mol. The van der Waals surface area contributed by atoms with Crippen LogP contribution in [0.25, 0.3) is 0 Å². The Morgan fingerprint density at radius 3 is 2.28 bits per heavy atom. The number of nitrogens with zero attached hydrogens (tertiary/aromatic N) is 1. The number of likely N-dealkylation sites (N-methyl/N-ethyl adjacent to an activating group) is 1. The standard InChI is InChI=1S/C21H23Cl3N2O3/c1-3-18(21(28)25-4-2)26(12-14-5-7-15(22)8-6-14)20(27)13-29-19-10-9-16(23)11-17(19)24/h5-11,18H,3-4,12-13H2,1-2H3,(H,25,28)/t18-/m1/s1. The molecule has 0 heterocycles. The van der Waals surface area contributed by atoms with Gasteiger partial charge in [0.25, 0.3) is 5.91 Å². The van der Waals surface area contributed by atoms with Gasteiger partial charge in [-0.3, -0.25) is 9.59 Å². The smallest absolute Gasteiger partial charge is 0.261 e. The van der Waals surface area contributed by atoms with Gasteiger partial charge in [-0.15, -0.1) is 0 Å². The van der Waals surface area contributed by atoms with Gasteiger partial charge < -0.3 is 15.0 Å². The van der Waals surface area contributed by atoms with Crippen molar-refractivity contribution in [2.24, 2.45) is 0 Å². The maximum Gasteiger partial charge on any atom is 0.261 e. The highest BCUT2D eigenvalue weighted by molar-refractivity contribution is 6.35. The second-order valence-electron chi connectivity index (χ2n) is 6.33. The molecule has 0 unspecified atom stereocenters. The molecule has 5 nitrogen and oxygen atoms in total. The summed E-state index contributed by atoms with van der Waals surface area (Å²) in [5, 5.41) is 4.17. The molecule has 1 N–H and O–H groups in total. The summed E-state index contributed by atoms with van der Waals surface area (Å²) in [5.41, 5.74) is 0.857. The van der Waals surface area contributed by atoms with Gasteiger partial charge in [-0.2, -0.15) is 0 Å². The molecule has 0 fully saturated rings. The zero-order valence-electron chi connectivity index (χ0n) is 16.3. The first-order valence-corrected chi connectivity index (χ1v) is 10.4. The Labute approximate surface area is 185 Å². The van der Waals surface area contributed by atoms with Crippen LogP contribution in [0, 0.1) is 0 Å². The molecule has 0 aliphatic heterocycles. The molecule has 2 amide bonds. The number of ether oxygens (including phenoxy) is 1. The zero-order chi connectivity index (χ0) is 21.4. The Kier molecular flexibility index (Phi) is 9.08. The van der Waals surface area contributed by atoms with Crippen LogP contribution in [0.3, 0.4) is 0 Å². The fraction of sp³-hybridized carbons (Fsp3) is 0.333. The number of rotatable bonds is 9. The van der Waals surface area contributed by atoms with Crippen molar-refractivity contribution in [3.05, 3.63) is 63.1 Å². The summed E-state index contributed by atoms with van der Waals surface area (Å²) in [6, 6.07) is 11.3. The number of carbonyl (C=O) groups is 2. The number of amides is 2. The molecule has 0 spiro atoms. The normalized spacial score (nSPS) is 11.6. The Hall–Kier alpha value is -1.95. The van der Waals surface area contributed by atoms with Crippen molar-refractivity contribution < 1.29 is 14.3 Å². The molecule has 2 aromatic carbocycles. The maximum absolute atomic E-state index is 13.0. The third kappa shape index (κ3) is 6.81. The first kappa shape index (κ1) is 23.3. The van der Waals surface area contributed by atoms with Crippen LogP contribution >= 0.6 is 34.8 Å². The highest BCUT2D eigenvalue weighted by Gasteiger charge is 2.28. The van der Waals surface area contributed by atoms with E-state index in [1.807, 2.05) is 26.0 Å². The number of nitrogens with one attached hydrogen (secondary N) is 1. The minimum atomic E-state index is -0.623. The molecular formula is C21H23Cl3N2O3. The SMILES string of the molecule is CCNC(=O)[C@@H](CC)N(Cc1ccc(Cl)cc1)C(=O)COc1ccc(Cl)cc1Cl. The predicted octanol–water partition coefficient (Wildman–Crippen LogP) is 4.97. The molecule has 0 aromatic heterocycles.